The van der Waals surface area contributed by atoms with E-state index in [2.05, 4.69) is 32.6 Å². The highest BCUT2D eigenvalue weighted by atomic mass is 13.9. The quantitative estimate of drug-likeness (QED) is 0.425. The van der Waals surface area contributed by atoms with Crippen LogP contribution in [0.25, 0.3) is 0 Å². The van der Waals surface area contributed by atoms with Crippen molar-refractivity contribution in [3.05, 3.63) is 5.92 Å². The lowest BCUT2D eigenvalue weighted by atomic mass is 10.1. The summed E-state index contributed by atoms with van der Waals surface area (Å²) in [6, 6.07) is 0. The van der Waals surface area contributed by atoms with Crippen molar-refractivity contribution in [1.82, 2.24) is 0 Å². The molecule has 0 nitrogen and oxygen atoms in total. The highest BCUT2D eigenvalue weighted by molar-refractivity contribution is 5.00. The van der Waals surface area contributed by atoms with E-state index in [0.717, 1.165) is 12.8 Å². The Bertz CT molecular complexity index is 123. The molecule has 0 saturated heterocycles. The maximum absolute atomic E-state index is 3.18. The standard InChI is InChI=1S/C11H19/c1-4-5-6-7-8-9-10-11(2)3/h4-6,9-10H2,1-3H3. The minimum Gasteiger partial charge on any atom is -0.103 e. The van der Waals surface area contributed by atoms with Gasteiger partial charge in [0.1, 0.15) is 0 Å². The SMILES string of the molecule is CCCCC#CCC[C](C)C. The topological polar surface area (TPSA) is 0 Å². The summed E-state index contributed by atoms with van der Waals surface area (Å²) in [6.07, 6.45) is 5.81. The van der Waals surface area contributed by atoms with Crippen molar-refractivity contribution in [2.75, 3.05) is 0 Å². The molecule has 0 aromatic carbocycles. The van der Waals surface area contributed by atoms with Gasteiger partial charge in [0.2, 0.25) is 0 Å². The molecule has 0 N–H and O–H groups in total. The molecule has 0 aromatic rings. The van der Waals surface area contributed by atoms with Gasteiger partial charge in [0, 0.05) is 12.8 Å². The molecule has 0 atom stereocenters. The highest BCUT2D eigenvalue weighted by Crippen LogP contribution is 2.04. The highest BCUT2D eigenvalue weighted by Gasteiger charge is 1.89. The summed E-state index contributed by atoms with van der Waals surface area (Å²) < 4.78 is 0. The molecule has 0 aliphatic heterocycles. The van der Waals surface area contributed by atoms with Crippen molar-refractivity contribution in [2.24, 2.45) is 0 Å². The summed E-state index contributed by atoms with van der Waals surface area (Å²) in [5.74, 6) is 7.84. The average Bonchev–Trinajstić information content (AvgIpc) is 1.96. The third kappa shape index (κ3) is 9.56. The summed E-state index contributed by atoms with van der Waals surface area (Å²) in [7, 11) is 0. The van der Waals surface area contributed by atoms with E-state index in [1.165, 1.54) is 25.2 Å². The molecule has 63 valence electrons. The third-order valence-corrected chi connectivity index (χ3v) is 1.53. The van der Waals surface area contributed by atoms with Crippen LogP contribution >= 0.6 is 0 Å². The Hall–Kier alpha value is -0.440. The fraction of sp³-hybridized carbons (Fsp3) is 0.727. The van der Waals surface area contributed by atoms with E-state index in [1.54, 1.807) is 0 Å². The van der Waals surface area contributed by atoms with Crippen molar-refractivity contribution in [1.29, 1.82) is 0 Å². The fourth-order valence-electron chi connectivity index (χ4n) is 0.754. The largest absolute Gasteiger partial charge is 0.103 e. The Kier molecular flexibility index (Phi) is 7.36. The second kappa shape index (κ2) is 7.66. The van der Waals surface area contributed by atoms with Crippen LogP contribution < -0.4 is 0 Å². The Morgan fingerprint density at radius 2 is 1.73 bits per heavy atom. The van der Waals surface area contributed by atoms with Gasteiger partial charge in [0.25, 0.3) is 0 Å². The third-order valence-electron chi connectivity index (χ3n) is 1.53. The Labute approximate surface area is 71.4 Å². The molecule has 0 aromatic heterocycles. The van der Waals surface area contributed by atoms with Crippen molar-refractivity contribution in [2.45, 2.75) is 52.9 Å². The zero-order valence-corrected chi connectivity index (χ0v) is 8.04. The molecule has 0 aliphatic rings. The molecule has 0 unspecified atom stereocenters. The van der Waals surface area contributed by atoms with Crippen LogP contribution in [0.4, 0.5) is 0 Å². The van der Waals surface area contributed by atoms with Crippen molar-refractivity contribution in [3.8, 4) is 11.8 Å². The van der Waals surface area contributed by atoms with Crippen LogP contribution in [0.1, 0.15) is 52.9 Å². The van der Waals surface area contributed by atoms with E-state index >= 15 is 0 Å². The van der Waals surface area contributed by atoms with Gasteiger partial charge in [-0.1, -0.05) is 27.2 Å². The molecule has 0 amide bonds. The number of hydrogen-bond donors (Lipinski definition) is 0. The van der Waals surface area contributed by atoms with Gasteiger partial charge in [-0.25, -0.2) is 0 Å². The molecule has 0 rings (SSSR count). The van der Waals surface area contributed by atoms with E-state index in [0.29, 0.717) is 0 Å². The van der Waals surface area contributed by atoms with Gasteiger partial charge in [-0.05, 0) is 18.8 Å². The molecule has 1 radical (unpaired) electrons. The van der Waals surface area contributed by atoms with Crippen LogP contribution in [0.15, 0.2) is 0 Å². The van der Waals surface area contributed by atoms with Crippen molar-refractivity contribution in [3.63, 3.8) is 0 Å². The summed E-state index contributed by atoms with van der Waals surface area (Å²) in [6.45, 7) is 6.52. The minimum absolute atomic E-state index is 1.05. The number of rotatable bonds is 4. The Morgan fingerprint density at radius 3 is 2.27 bits per heavy atom. The van der Waals surface area contributed by atoms with Gasteiger partial charge < -0.3 is 0 Å². The first-order chi connectivity index (χ1) is 5.27. The lowest BCUT2D eigenvalue weighted by Crippen LogP contribution is -1.81. The fourth-order valence-corrected chi connectivity index (χ4v) is 0.754. The van der Waals surface area contributed by atoms with Gasteiger partial charge in [-0.3, -0.25) is 0 Å². The molecular formula is C11H19. The average molecular weight is 151 g/mol. The molecule has 0 heteroatoms. The van der Waals surface area contributed by atoms with Crippen LogP contribution in [0, 0.1) is 17.8 Å². The normalized spacial score (nSPS) is 9.45. The van der Waals surface area contributed by atoms with Crippen LogP contribution in [-0.2, 0) is 0 Å². The molecule has 0 heterocycles. The zero-order chi connectivity index (χ0) is 8.53. The first kappa shape index (κ1) is 10.6. The van der Waals surface area contributed by atoms with Crippen LogP contribution in [0.5, 0.6) is 0 Å². The number of hydrogen-bond acceptors (Lipinski definition) is 0. The predicted octanol–water partition coefficient (Wildman–Crippen LogP) is 3.57. The van der Waals surface area contributed by atoms with E-state index < -0.39 is 0 Å². The van der Waals surface area contributed by atoms with Crippen LogP contribution in [-0.4, -0.2) is 0 Å². The summed E-state index contributed by atoms with van der Waals surface area (Å²) in [5, 5.41) is 0. The van der Waals surface area contributed by atoms with E-state index in [9.17, 15) is 0 Å². The summed E-state index contributed by atoms with van der Waals surface area (Å²) in [5.41, 5.74) is 0. The van der Waals surface area contributed by atoms with Gasteiger partial charge in [0.05, 0.1) is 0 Å². The minimum atomic E-state index is 1.05. The molecule has 0 fully saturated rings. The van der Waals surface area contributed by atoms with Crippen molar-refractivity contribution >= 4 is 0 Å². The zero-order valence-electron chi connectivity index (χ0n) is 8.04. The lowest BCUT2D eigenvalue weighted by Gasteiger charge is -1.95. The molecule has 0 saturated carbocycles. The Balaban J connectivity index is 3.12. The molecule has 0 spiro atoms. The first-order valence-electron chi connectivity index (χ1n) is 4.52. The van der Waals surface area contributed by atoms with E-state index in [4.69, 9.17) is 0 Å². The molecule has 0 aliphatic carbocycles. The second-order valence-electron chi connectivity index (χ2n) is 3.16. The number of unbranched alkanes of at least 4 members (excludes halogenated alkanes) is 2. The monoisotopic (exact) mass is 151 g/mol. The Morgan fingerprint density at radius 1 is 1.09 bits per heavy atom. The van der Waals surface area contributed by atoms with Gasteiger partial charge in [0.15, 0.2) is 0 Å². The van der Waals surface area contributed by atoms with E-state index in [-0.39, 0.29) is 0 Å². The van der Waals surface area contributed by atoms with E-state index in [1.807, 2.05) is 0 Å². The van der Waals surface area contributed by atoms with Crippen molar-refractivity contribution < 1.29 is 0 Å². The van der Waals surface area contributed by atoms with Gasteiger partial charge in [-0.2, -0.15) is 0 Å². The molecular weight excluding hydrogens is 132 g/mol. The first-order valence-corrected chi connectivity index (χ1v) is 4.52. The second-order valence-corrected chi connectivity index (χ2v) is 3.16. The van der Waals surface area contributed by atoms with Crippen LogP contribution in [0.3, 0.4) is 0 Å². The molecule has 11 heavy (non-hydrogen) atoms. The summed E-state index contributed by atoms with van der Waals surface area (Å²) in [4.78, 5) is 0. The lowest BCUT2D eigenvalue weighted by molar-refractivity contribution is 0.824. The maximum atomic E-state index is 3.18. The summed E-state index contributed by atoms with van der Waals surface area (Å²) >= 11 is 0. The predicted molar refractivity (Wildman–Crippen MR) is 51.1 cm³/mol. The van der Waals surface area contributed by atoms with Gasteiger partial charge >= 0.3 is 0 Å². The smallest absolute Gasteiger partial charge is 0.00939 e. The van der Waals surface area contributed by atoms with Gasteiger partial charge in [-0.15, -0.1) is 11.8 Å². The molecule has 0 bridgehead atoms. The maximum Gasteiger partial charge on any atom is 0.00939 e. The van der Waals surface area contributed by atoms with Crippen LogP contribution in [0.2, 0.25) is 0 Å².